The number of aryl methyl sites for hydroxylation is 1. The van der Waals surface area contributed by atoms with Gasteiger partial charge in [0.05, 0.1) is 5.69 Å². The summed E-state index contributed by atoms with van der Waals surface area (Å²) in [6, 6.07) is 9.16. The Balaban J connectivity index is 2.46. The predicted molar refractivity (Wildman–Crippen MR) is 82.9 cm³/mol. The largest absolute Gasteiger partial charge is 0.380 e. The predicted octanol–water partition coefficient (Wildman–Crippen LogP) is 3.26. The Bertz CT molecular complexity index is 664. The zero-order chi connectivity index (χ0) is 14.7. The molecule has 0 spiro atoms. The highest BCUT2D eigenvalue weighted by atomic mass is 35.5. The molecule has 0 radical (unpaired) electrons. The normalized spacial score (nSPS) is 10.8. The fourth-order valence-electron chi connectivity index (χ4n) is 1.84. The molecular formula is C15H18ClN3O. The first-order chi connectivity index (χ1) is 9.47. The third kappa shape index (κ3) is 3.39. The molecule has 2 aromatic rings. The van der Waals surface area contributed by atoms with Gasteiger partial charge in [0.15, 0.2) is 5.15 Å². The average molecular weight is 292 g/mol. The molecule has 4 nitrogen and oxygen atoms in total. The zero-order valence-electron chi connectivity index (χ0n) is 11.9. The van der Waals surface area contributed by atoms with Crippen LogP contribution in [0, 0.1) is 12.8 Å². The van der Waals surface area contributed by atoms with E-state index in [0.717, 1.165) is 5.56 Å². The Kier molecular flexibility index (Phi) is 4.45. The number of nitrogens with zero attached hydrogens (tertiary/aromatic N) is 2. The number of benzene rings is 1. The van der Waals surface area contributed by atoms with Crippen molar-refractivity contribution < 1.29 is 0 Å². The average Bonchev–Trinajstić information content (AvgIpc) is 2.39. The Morgan fingerprint density at radius 3 is 2.75 bits per heavy atom. The SMILES string of the molecule is Cc1cccc(-n2nc(Cl)cc(NCC(C)C)c2=O)c1. The first kappa shape index (κ1) is 14.6. The van der Waals surface area contributed by atoms with Crippen molar-refractivity contribution in [2.45, 2.75) is 20.8 Å². The molecule has 0 amide bonds. The van der Waals surface area contributed by atoms with Gasteiger partial charge in [-0.25, -0.2) is 0 Å². The van der Waals surface area contributed by atoms with Crippen LogP contribution in [0.1, 0.15) is 19.4 Å². The number of anilines is 1. The van der Waals surface area contributed by atoms with Crippen molar-refractivity contribution in [2.75, 3.05) is 11.9 Å². The van der Waals surface area contributed by atoms with Gasteiger partial charge in [-0.3, -0.25) is 4.79 Å². The molecule has 0 bridgehead atoms. The van der Waals surface area contributed by atoms with Gasteiger partial charge in [0.25, 0.3) is 5.56 Å². The van der Waals surface area contributed by atoms with Crippen LogP contribution in [0.2, 0.25) is 5.15 Å². The van der Waals surface area contributed by atoms with E-state index in [4.69, 9.17) is 11.6 Å². The number of aromatic nitrogens is 2. The molecule has 2 rings (SSSR count). The first-order valence-corrected chi connectivity index (χ1v) is 6.96. The second kappa shape index (κ2) is 6.09. The van der Waals surface area contributed by atoms with Gasteiger partial charge in [-0.15, -0.1) is 0 Å². The Morgan fingerprint density at radius 2 is 2.10 bits per heavy atom. The van der Waals surface area contributed by atoms with Crippen LogP contribution in [-0.4, -0.2) is 16.3 Å². The minimum Gasteiger partial charge on any atom is -0.380 e. The van der Waals surface area contributed by atoms with Crippen LogP contribution in [0.5, 0.6) is 0 Å². The van der Waals surface area contributed by atoms with Gasteiger partial charge >= 0.3 is 0 Å². The number of rotatable bonds is 4. The van der Waals surface area contributed by atoms with Crippen LogP contribution in [0.25, 0.3) is 5.69 Å². The molecule has 0 aliphatic carbocycles. The van der Waals surface area contributed by atoms with E-state index < -0.39 is 0 Å². The molecule has 0 aliphatic heterocycles. The van der Waals surface area contributed by atoms with E-state index >= 15 is 0 Å². The number of hydrogen-bond acceptors (Lipinski definition) is 3. The van der Waals surface area contributed by atoms with E-state index in [2.05, 4.69) is 24.3 Å². The van der Waals surface area contributed by atoms with Gasteiger partial charge < -0.3 is 5.32 Å². The van der Waals surface area contributed by atoms with Gasteiger partial charge in [-0.2, -0.15) is 9.78 Å². The third-order valence-corrected chi connectivity index (χ3v) is 3.01. The summed E-state index contributed by atoms with van der Waals surface area (Å²) in [4.78, 5) is 12.4. The summed E-state index contributed by atoms with van der Waals surface area (Å²) in [7, 11) is 0. The second-order valence-corrected chi connectivity index (χ2v) is 5.60. The van der Waals surface area contributed by atoms with Crippen molar-refractivity contribution in [2.24, 2.45) is 5.92 Å². The highest BCUT2D eigenvalue weighted by Gasteiger charge is 2.09. The van der Waals surface area contributed by atoms with Gasteiger partial charge in [-0.1, -0.05) is 37.6 Å². The van der Waals surface area contributed by atoms with Crippen LogP contribution in [0.4, 0.5) is 5.69 Å². The monoisotopic (exact) mass is 291 g/mol. The maximum Gasteiger partial charge on any atom is 0.294 e. The fraction of sp³-hybridized carbons (Fsp3) is 0.333. The lowest BCUT2D eigenvalue weighted by Crippen LogP contribution is -2.25. The van der Waals surface area contributed by atoms with E-state index in [0.29, 0.717) is 23.8 Å². The van der Waals surface area contributed by atoms with E-state index in [-0.39, 0.29) is 10.7 Å². The summed E-state index contributed by atoms with van der Waals surface area (Å²) in [5, 5.41) is 7.51. The highest BCUT2D eigenvalue weighted by molar-refractivity contribution is 6.29. The summed E-state index contributed by atoms with van der Waals surface area (Å²) in [5.74, 6) is 0.439. The Hall–Kier alpha value is -1.81. The summed E-state index contributed by atoms with van der Waals surface area (Å²) in [5.41, 5.74) is 2.05. The van der Waals surface area contributed by atoms with Crippen molar-refractivity contribution in [1.29, 1.82) is 0 Å². The Labute approximate surface area is 123 Å². The van der Waals surface area contributed by atoms with Gasteiger partial charge in [0.1, 0.15) is 5.69 Å². The Morgan fingerprint density at radius 1 is 1.35 bits per heavy atom. The molecule has 0 saturated heterocycles. The van der Waals surface area contributed by atoms with Crippen LogP contribution in [0.3, 0.4) is 0 Å². The summed E-state index contributed by atoms with van der Waals surface area (Å²) in [6.45, 7) is 6.84. The lowest BCUT2D eigenvalue weighted by atomic mass is 10.2. The zero-order valence-corrected chi connectivity index (χ0v) is 12.6. The van der Waals surface area contributed by atoms with Gasteiger partial charge in [-0.05, 0) is 30.5 Å². The van der Waals surface area contributed by atoms with E-state index in [1.54, 1.807) is 6.07 Å². The van der Waals surface area contributed by atoms with Crippen LogP contribution < -0.4 is 10.9 Å². The summed E-state index contributed by atoms with van der Waals surface area (Å²) < 4.78 is 1.33. The molecule has 106 valence electrons. The van der Waals surface area contributed by atoms with Crippen molar-refractivity contribution in [3.05, 3.63) is 51.4 Å². The third-order valence-electron chi connectivity index (χ3n) is 2.83. The first-order valence-electron chi connectivity index (χ1n) is 6.58. The van der Waals surface area contributed by atoms with E-state index in [1.165, 1.54) is 4.68 Å². The molecule has 0 unspecified atom stereocenters. The van der Waals surface area contributed by atoms with Crippen LogP contribution >= 0.6 is 11.6 Å². The smallest absolute Gasteiger partial charge is 0.294 e. The molecule has 20 heavy (non-hydrogen) atoms. The number of nitrogens with one attached hydrogen (secondary N) is 1. The molecule has 0 fully saturated rings. The van der Waals surface area contributed by atoms with E-state index in [1.807, 2.05) is 31.2 Å². The van der Waals surface area contributed by atoms with E-state index in [9.17, 15) is 4.79 Å². The maximum atomic E-state index is 12.4. The van der Waals surface area contributed by atoms with Gasteiger partial charge in [0.2, 0.25) is 0 Å². The number of hydrogen-bond donors (Lipinski definition) is 1. The van der Waals surface area contributed by atoms with Crippen molar-refractivity contribution in [1.82, 2.24) is 9.78 Å². The molecule has 0 saturated carbocycles. The fourth-order valence-corrected chi connectivity index (χ4v) is 2.02. The molecule has 0 aliphatic rings. The van der Waals surface area contributed by atoms with Crippen LogP contribution in [0.15, 0.2) is 35.1 Å². The molecule has 0 atom stereocenters. The standard InChI is InChI=1S/C15H18ClN3O/c1-10(2)9-17-13-8-14(16)18-19(15(13)20)12-6-4-5-11(3)7-12/h4-8,10,17H,9H2,1-3H3. The van der Waals surface area contributed by atoms with Crippen molar-refractivity contribution in [3.63, 3.8) is 0 Å². The topological polar surface area (TPSA) is 46.9 Å². The lowest BCUT2D eigenvalue weighted by Gasteiger charge is -2.11. The molecular weight excluding hydrogens is 274 g/mol. The molecule has 1 heterocycles. The molecule has 1 aromatic heterocycles. The van der Waals surface area contributed by atoms with Crippen molar-refractivity contribution in [3.8, 4) is 5.69 Å². The highest BCUT2D eigenvalue weighted by Crippen LogP contribution is 2.13. The van der Waals surface area contributed by atoms with Crippen molar-refractivity contribution >= 4 is 17.3 Å². The second-order valence-electron chi connectivity index (χ2n) is 5.21. The minimum atomic E-state index is -0.194. The quantitative estimate of drug-likeness (QED) is 0.940. The van der Waals surface area contributed by atoms with Crippen LogP contribution in [-0.2, 0) is 0 Å². The summed E-state index contributed by atoms with van der Waals surface area (Å²) in [6.07, 6.45) is 0. The lowest BCUT2D eigenvalue weighted by molar-refractivity contribution is 0.686. The number of halogens is 1. The minimum absolute atomic E-state index is 0.194. The molecule has 1 N–H and O–H groups in total. The van der Waals surface area contributed by atoms with Gasteiger partial charge in [0, 0.05) is 12.6 Å². The molecule has 1 aromatic carbocycles. The summed E-state index contributed by atoms with van der Waals surface area (Å²) >= 11 is 6.02. The molecule has 5 heteroatoms. The maximum absolute atomic E-state index is 12.4.